The highest BCUT2D eigenvalue weighted by atomic mass is 32.2. The van der Waals surface area contributed by atoms with Gasteiger partial charge < -0.3 is 10.4 Å². The average Bonchev–Trinajstić information content (AvgIpc) is 1.81. The summed E-state index contributed by atoms with van der Waals surface area (Å²) in [4.78, 5) is 10.1. The van der Waals surface area contributed by atoms with Crippen molar-refractivity contribution in [1.82, 2.24) is 5.32 Å². The van der Waals surface area contributed by atoms with Crippen molar-refractivity contribution in [2.45, 2.75) is 25.8 Å². The second-order valence-electron chi connectivity index (χ2n) is 2.94. The minimum Gasteiger partial charge on any atom is -0.465 e. The molecular formula is C7H13F2NO2S. The maximum absolute atomic E-state index is 12.3. The predicted octanol–water partition coefficient (Wildman–Crippen LogP) is 2.03. The van der Waals surface area contributed by atoms with Gasteiger partial charge in [-0.2, -0.15) is 11.8 Å². The molecule has 0 saturated heterocycles. The molecule has 1 amide bonds. The Morgan fingerprint density at radius 2 is 2.23 bits per heavy atom. The SMILES string of the molecule is CC(CSCC(C)(F)F)NC(=O)O. The van der Waals surface area contributed by atoms with Gasteiger partial charge in [0.1, 0.15) is 0 Å². The Balaban J connectivity index is 3.48. The third-order valence-corrected chi connectivity index (χ3v) is 2.54. The topological polar surface area (TPSA) is 49.3 Å². The van der Waals surface area contributed by atoms with Gasteiger partial charge in [-0.1, -0.05) is 0 Å². The van der Waals surface area contributed by atoms with E-state index in [-0.39, 0.29) is 11.8 Å². The smallest absolute Gasteiger partial charge is 0.404 e. The van der Waals surface area contributed by atoms with Gasteiger partial charge in [0.15, 0.2) is 0 Å². The molecule has 0 aliphatic carbocycles. The largest absolute Gasteiger partial charge is 0.465 e. The van der Waals surface area contributed by atoms with Crippen LogP contribution >= 0.6 is 11.8 Å². The van der Waals surface area contributed by atoms with Crippen molar-refractivity contribution < 1.29 is 18.7 Å². The van der Waals surface area contributed by atoms with Gasteiger partial charge in [-0.15, -0.1) is 0 Å². The van der Waals surface area contributed by atoms with E-state index in [2.05, 4.69) is 5.32 Å². The van der Waals surface area contributed by atoms with E-state index in [9.17, 15) is 13.6 Å². The minimum atomic E-state index is -2.69. The van der Waals surface area contributed by atoms with Crippen LogP contribution in [0.5, 0.6) is 0 Å². The molecular weight excluding hydrogens is 200 g/mol. The Hall–Kier alpha value is -0.520. The molecule has 0 aliphatic rings. The third-order valence-electron chi connectivity index (χ3n) is 1.09. The lowest BCUT2D eigenvalue weighted by Gasteiger charge is -2.13. The molecule has 0 rings (SSSR count). The summed E-state index contributed by atoms with van der Waals surface area (Å²) in [6, 6.07) is -0.301. The quantitative estimate of drug-likeness (QED) is 0.734. The van der Waals surface area contributed by atoms with Gasteiger partial charge in [-0.05, 0) is 6.92 Å². The molecule has 1 unspecified atom stereocenters. The molecule has 0 aromatic heterocycles. The number of thioether (sulfide) groups is 1. The lowest BCUT2D eigenvalue weighted by Crippen LogP contribution is -2.33. The molecule has 6 heteroatoms. The molecule has 1 atom stereocenters. The maximum atomic E-state index is 12.3. The number of carboxylic acid groups (broad SMARTS) is 1. The first-order valence-electron chi connectivity index (χ1n) is 3.76. The zero-order valence-electron chi connectivity index (χ0n) is 7.51. The minimum absolute atomic E-state index is 0.279. The zero-order chi connectivity index (χ0) is 10.5. The van der Waals surface area contributed by atoms with E-state index in [1.807, 2.05) is 0 Å². The lowest BCUT2D eigenvalue weighted by molar-refractivity contribution is 0.0492. The number of halogens is 2. The fourth-order valence-electron chi connectivity index (χ4n) is 0.667. The molecule has 0 spiro atoms. The molecule has 0 saturated carbocycles. The van der Waals surface area contributed by atoms with Crippen LogP contribution in [0.25, 0.3) is 0 Å². The van der Waals surface area contributed by atoms with E-state index >= 15 is 0 Å². The van der Waals surface area contributed by atoms with Crippen molar-refractivity contribution in [2.75, 3.05) is 11.5 Å². The van der Waals surface area contributed by atoms with E-state index in [1.165, 1.54) is 0 Å². The summed E-state index contributed by atoms with van der Waals surface area (Å²) in [6.07, 6.45) is -1.13. The summed E-state index contributed by atoms with van der Waals surface area (Å²) < 4.78 is 24.6. The van der Waals surface area contributed by atoms with E-state index in [0.29, 0.717) is 5.75 Å². The van der Waals surface area contributed by atoms with Crippen LogP contribution < -0.4 is 5.32 Å². The molecule has 0 radical (unpaired) electrons. The van der Waals surface area contributed by atoms with Gasteiger partial charge in [0.05, 0.1) is 5.75 Å². The first-order chi connectivity index (χ1) is 5.81. The number of nitrogens with one attached hydrogen (secondary N) is 1. The summed E-state index contributed by atoms with van der Waals surface area (Å²) in [5.41, 5.74) is 0. The van der Waals surface area contributed by atoms with Crippen LogP contribution in [-0.2, 0) is 0 Å². The monoisotopic (exact) mass is 213 g/mol. The Morgan fingerprint density at radius 3 is 2.62 bits per heavy atom. The molecule has 3 nitrogen and oxygen atoms in total. The van der Waals surface area contributed by atoms with Gasteiger partial charge in [-0.25, -0.2) is 13.6 Å². The van der Waals surface area contributed by atoms with Crippen LogP contribution in [0.4, 0.5) is 13.6 Å². The van der Waals surface area contributed by atoms with Gasteiger partial charge in [0.25, 0.3) is 5.92 Å². The van der Waals surface area contributed by atoms with Crippen LogP contribution in [-0.4, -0.2) is 34.7 Å². The van der Waals surface area contributed by atoms with Crippen LogP contribution in [0.1, 0.15) is 13.8 Å². The van der Waals surface area contributed by atoms with Gasteiger partial charge in [-0.3, -0.25) is 0 Å². The van der Waals surface area contributed by atoms with E-state index < -0.39 is 12.0 Å². The number of hydrogen-bond donors (Lipinski definition) is 2. The molecule has 0 aromatic carbocycles. The third kappa shape index (κ3) is 9.39. The highest BCUT2D eigenvalue weighted by Crippen LogP contribution is 2.18. The summed E-state index contributed by atoms with van der Waals surface area (Å²) in [5.74, 6) is -2.61. The molecule has 13 heavy (non-hydrogen) atoms. The second kappa shape index (κ2) is 5.26. The van der Waals surface area contributed by atoms with E-state index in [0.717, 1.165) is 18.7 Å². The molecule has 78 valence electrons. The summed E-state index contributed by atoms with van der Waals surface area (Å²) in [5, 5.41) is 10.5. The van der Waals surface area contributed by atoms with Crippen LogP contribution in [0.2, 0.25) is 0 Å². The summed E-state index contributed by atoms with van der Waals surface area (Å²) in [7, 11) is 0. The van der Waals surface area contributed by atoms with Gasteiger partial charge in [0.2, 0.25) is 0 Å². The Kier molecular flexibility index (Phi) is 5.05. The van der Waals surface area contributed by atoms with E-state index in [1.54, 1.807) is 6.92 Å². The summed E-state index contributed by atoms with van der Waals surface area (Å²) >= 11 is 1.03. The number of amides is 1. The predicted molar refractivity (Wildman–Crippen MR) is 48.6 cm³/mol. The van der Waals surface area contributed by atoms with Crippen molar-refractivity contribution in [3.8, 4) is 0 Å². The Morgan fingerprint density at radius 1 is 1.69 bits per heavy atom. The first kappa shape index (κ1) is 12.5. The molecule has 0 aromatic rings. The van der Waals surface area contributed by atoms with Crippen molar-refractivity contribution in [1.29, 1.82) is 0 Å². The zero-order valence-corrected chi connectivity index (χ0v) is 8.33. The second-order valence-corrected chi connectivity index (χ2v) is 3.97. The van der Waals surface area contributed by atoms with Crippen molar-refractivity contribution in [3.63, 3.8) is 0 Å². The number of carbonyl (C=O) groups is 1. The van der Waals surface area contributed by atoms with Crippen LogP contribution in [0, 0.1) is 0 Å². The number of rotatable bonds is 5. The number of hydrogen-bond acceptors (Lipinski definition) is 2. The fraction of sp³-hybridized carbons (Fsp3) is 0.857. The fourth-order valence-corrected chi connectivity index (χ4v) is 1.58. The standard InChI is InChI=1S/C7H13F2NO2S/c1-5(10-6(11)12)3-13-4-7(2,8)9/h5,10H,3-4H2,1-2H3,(H,11,12). The molecule has 0 bridgehead atoms. The van der Waals surface area contributed by atoms with Crippen molar-refractivity contribution in [3.05, 3.63) is 0 Å². The van der Waals surface area contributed by atoms with Crippen molar-refractivity contribution >= 4 is 17.9 Å². The van der Waals surface area contributed by atoms with E-state index in [4.69, 9.17) is 5.11 Å². The maximum Gasteiger partial charge on any atom is 0.404 e. The van der Waals surface area contributed by atoms with Crippen LogP contribution in [0.3, 0.4) is 0 Å². The first-order valence-corrected chi connectivity index (χ1v) is 4.92. The molecule has 0 aliphatic heterocycles. The van der Waals surface area contributed by atoms with Gasteiger partial charge in [0, 0.05) is 18.7 Å². The van der Waals surface area contributed by atoms with Crippen LogP contribution in [0.15, 0.2) is 0 Å². The average molecular weight is 213 g/mol. The molecule has 0 fully saturated rings. The summed E-state index contributed by atoms with van der Waals surface area (Å²) in [6.45, 7) is 2.48. The normalized spacial score (nSPS) is 13.8. The molecule has 2 N–H and O–H groups in total. The number of alkyl halides is 2. The van der Waals surface area contributed by atoms with Crippen molar-refractivity contribution in [2.24, 2.45) is 0 Å². The highest BCUT2D eigenvalue weighted by Gasteiger charge is 2.21. The Bertz CT molecular complexity index is 172. The Labute approximate surface area is 79.9 Å². The molecule has 0 heterocycles. The van der Waals surface area contributed by atoms with Gasteiger partial charge >= 0.3 is 6.09 Å². The lowest BCUT2D eigenvalue weighted by atomic mass is 10.4. The highest BCUT2D eigenvalue weighted by molar-refractivity contribution is 7.99.